The highest BCUT2D eigenvalue weighted by atomic mass is 16.1. The van der Waals surface area contributed by atoms with E-state index in [-0.39, 0.29) is 5.91 Å². The molecule has 5 nitrogen and oxygen atoms in total. The number of anilines is 1. The molecule has 2 heterocycles. The number of carbonyl (C=O) groups is 1. The van der Waals surface area contributed by atoms with Crippen LogP contribution in [0.4, 0.5) is 5.82 Å². The van der Waals surface area contributed by atoms with Gasteiger partial charge >= 0.3 is 0 Å². The van der Waals surface area contributed by atoms with Gasteiger partial charge in [-0.1, -0.05) is 25.7 Å². The molecule has 1 aliphatic heterocycles. The maximum atomic E-state index is 12.5. The first-order valence-electron chi connectivity index (χ1n) is 9.56. The predicted molar refractivity (Wildman–Crippen MR) is 97.5 cm³/mol. The number of aromatic nitrogens is 1. The van der Waals surface area contributed by atoms with Gasteiger partial charge in [-0.2, -0.15) is 0 Å². The normalized spacial score (nSPS) is 19.2. The predicted octanol–water partition coefficient (Wildman–Crippen LogP) is 2.72. The molecule has 2 fully saturated rings. The monoisotopic (exact) mass is 330 g/mol. The maximum Gasteiger partial charge on any atom is 0.255 e. The van der Waals surface area contributed by atoms with E-state index in [9.17, 15) is 4.79 Å². The fraction of sp³-hybridized carbons (Fsp3) is 0.684. The number of amides is 1. The maximum absolute atomic E-state index is 12.5. The Morgan fingerprint density at radius 3 is 2.58 bits per heavy atom. The summed E-state index contributed by atoms with van der Waals surface area (Å²) in [4.78, 5) is 19.2. The molecule has 1 amide bonds. The van der Waals surface area contributed by atoms with Crippen LogP contribution in [0.5, 0.6) is 0 Å². The van der Waals surface area contributed by atoms with Gasteiger partial charge in [0.25, 0.3) is 5.91 Å². The van der Waals surface area contributed by atoms with Crippen LogP contribution in [-0.2, 0) is 0 Å². The van der Waals surface area contributed by atoms with E-state index >= 15 is 0 Å². The standard InChI is InChI=1S/C19H30N4O/c24-19(22-13-12-20-16-8-3-1-2-4-9-16)17-10-7-11-21-18(17)23-14-5-6-15-23/h7,10-11,16,20H,1-6,8-9,12-15H2,(H,22,24). The highest BCUT2D eigenvalue weighted by molar-refractivity contribution is 5.98. The molecule has 0 aromatic carbocycles. The Kier molecular flexibility index (Phi) is 6.47. The third kappa shape index (κ3) is 4.69. The van der Waals surface area contributed by atoms with Crippen molar-refractivity contribution in [1.29, 1.82) is 0 Å². The molecule has 1 aromatic heterocycles. The van der Waals surface area contributed by atoms with E-state index in [0.717, 1.165) is 25.5 Å². The summed E-state index contributed by atoms with van der Waals surface area (Å²) in [7, 11) is 0. The molecule has 1 aliphatic carbocycles. The van der Waals surface area contributed by atoms with Crippen molar-refractivity contribution in [2.75, 3.05) is 31.1 Å². The van der Waals surface area contributed by atoms with Crippen LogP contribution in [0.2, 0.25) is 0 Å². The summed E-state index contributed by atoms with van der Waals surface area (Å²) in [5.74, 6) is 0.830. The zero-order valence-corrected chi connectivity index (χ0v) is 14.6. The summed E-state index contributed by atoms with van der Waals surface area (Å²) < 4.78 is 0. The number of hydrogen-bond donors (Lipinski definition) is 2. The van der Waals surface area contributed by atoms with E-state index in [1.54, 1.807) is 6.20 Å². The minimum atomic E-state index is -0.00679. The molecule has 0 spiro atoms. The van der Waals surface area contributed by atoms with E-state index in [0.29, 0.717) is 18.2 Å². The summed E-state index contributed by atoms with van der Waals surface area (Å²) in [5.41, 5.74) is 0.703. The van der Waals surface area contributed by atoms with Gasteiger partial charge in [-0.05, 0) is 37.8 Å². The van der Waals surface area contributed by atoms with E-state index < -0.39 is 0 Å². The van der Waals surface area contributed by atoms with Gasteiger partial charge in [0, 0.05) is 38.4 Å². The molecule has 1 aromatic rings. The minimum absolute atomic E-state index is 0.00679. The zero-order valence-electron chi connectivity index (χ0n) is 14.6. The molecule has 1 saturated carbocycles. The largest absolute Gasteiger partial charge is 0.356 e. The van der Waals surface area contributed by atoms with Gasteiger partial charge in [-0.25, -0.2) is 4.98 Å². The lowest BCUT2D eigenvalue weighted by Gasteiger charge is -2.20. The Labute approximate surface area is 145 Å². The van der Waals surface area contributed by atoms with E-state index in [1.807, 2.05) is 12.1 Å². The SMILES string of the molecule is O=C(NCCNC1CCCCCC1)c1cccnc1N1CCCC1. The number of hydrogen-bond acceptors (Lipinski definition) is 4. The van der Waals surface area contributed by atoms with Crippen LogP contribution < -0.4 is 15.5 Å². The zero-order chi connectivity index (χ0) is 16.6. The van der Waals surface area contributed by atoms with Crippen molar-refractivity contribution in [3.63, 3.8) is 0 Å². The summed E-state index contributed by atoms with van der Waals surface area (Å²) in [6.07, 6.45) is 12.1. The average Bonchev–Trinajstić information content (AvgIpc) is 3.03. The Hall–Kier alpha value is -1.62. The lowest BCUT2D eigenvalue weighted by molar-refractivity contribution is 0.0953. The van der Waals surface area contributed by atoms with Gasteiger partial charge in [0.1, 0.15) is 5.82 Å². The molecular weight excluding hydrogens is 300 g/mol. The topological polar surface area (TPSA) is 57.3 Å². The van der Waals surface area contributed by atoms with E-state index in [2.05, 4.69) is 20.5 Å². The molecule has 5 heteroatoms. The first kappa shape index (κ1) is 17.2. The molecule has 2 N–H and O–H groups in total. The van der Waals surface area contributed by atoms with E-state index in [4.69, 9.17) is 0 Å². The van der Waals surface area contributed by atoms with Gasteiger partial charge in [0.15, 0.2) is 0 Å². The van der Waals surface area contributed by atoms with Crippen LogP contribution >= 0.6 is 0 Å². The van der Waals surface area contributed by atoms with Gasteiger partial charge in [0.2, 0.25) is 0 Å². The van der Waals surface area contributed by atoms with Crippen molar-refractivity contribution in [2.24, 2.45) is 0 Å². The third-order valence-corrected chi connectivity index (χ3v) is 5.14. The van der Waals surface area contributed by atoms with Crippen LogP contribution in [0.3, 0.4) is 0 Å². The number of pyridine rings is 1. The number of rotatable bonds is 6. The lowest BCUT2D eigenvalue weighted by atomic mass is 10.1. The second-order valence-corrected chi connectivity index (χ2v) is 6.97. The number of carbonyl (C=O) groups excluding carboxylic acids is 1. The molecule has 3 rings (SSSR count). The number of nitrogens with zero attached hydrogens (tertiary/aromatic N) is 2. The molecular formula is C19H30N4O. The van der Waals surface area contributed by atoms with Crippen molar-refractivity contribution in [1.82, 2.24) is 15.6 Å². The second-order valence-electron chi connectivity index (χ2n) is 6.97. The van der Waals surface area contributed by atoms with Crippen LogP contribution in [-0.4, -0.2) is 43.1 Å². The van der Waals surface area contributed by atoms with Crippen molar-refractivity contribution < 1.29 is 4.79 Å². The quantitative estimate of drug-likeness (QED) is 0.622. The fourth-order valence-corrected chi connectivity index (χ4v) is 3.79. The molecule has 132 valence electrons. The van der Waals surface area contributed by atoms with Gasteiger partial charge in [-0.15, -0.1) is 0 Å². The van der Waals surface area contributed by atoms with Crippen LogP contribution in [0, 0.1) is 0 Å². The van der Waals surface area contributed by atoms with E-state index in [1.165, 1.54) is 51.4 Å². The summed E-state index contributed by atoms with van der Waals surface area (Å²) in [6.45, 7) is 3.51. The number of nitrogens with one attached hydrogen (secondary N) is 2. The Balaban J connectivity index is 1.46. The van der Waals surface area contributed by atoms with Gasteiger partial charge in [-0.3, -0.25) is 4.79 Å². The molecule has 0 atom stereocenters. The molecule has 0 bridgehead atoms. The molecule has 0 unspecified atom stereocenters. The van der Waals surface area contributed by atoms with Crippen LogP contribution in [0.25, 0.3) is 0 Å². The Morgan fingerprint density at radius 1 is 1.08 bits per heavy atom. The summed E-state index contributed by atoms with van der Waals surface area (Å²) in [6, 6.07) is 4.36. The highest BCUT2D eigenvalue weighted by Crippen LogP contribution is 2.21. The summed E-state index contributed by atoms with van der Waals surface area (Å²) >= 11 is 0. The Morgan fingerprint density at radius 2 is 1.83 bits per heavy atom. The molecule has 0 radical (unpaired) electrons. The molecule has 24 heavy (non-hydrogen) atoms. The van der Waals surface area contributed by atoms with Gasteiger partial charge in [0.05, 0.1) is 5.56 Å². The first-order valence-corrected chi connectivity index (χ1v) is 9.56. The first-order chi connectivity index (χ1) is 11.8. The summed E-state index contributed by atoms with van der Waals surface area (Å²) in [5, 5.41) is 6.65. The van der Waals surface area contributed by atoms with Crippen LogP contribution in [0.1, 0.15) is 61.7 Å². The van der Waals surface area contributed by atoms with Crippen molar-refractivity contribution >= 4 is 11.7 Å². The second kappa shape index (κ2) is 9.02. The van der Waals surface area contributed by atoms with Crippen molar-refractivity contribution in [3.05, 3.63) is 23.9 Å². The fourth-order valence-electron chi connectivity index (χ4n) is 3.79. The molecule has 1 saturated heterocycles. The van der Waals surface area contributed by atoms with Crippen molar-refractivity contribution in [3.8, 4) is 0 Å². The van der Waals surface area contributed by atoms with Gasteiger partial charge < -0.3 is 15.5 Å². The van der Waals surface area contributed by atoms with Crippen LogP contribution in [0.15, 0.2) is 18.3 Å². The Bertz CT molecular complexity index is 520. The smallest absolute Gasteiger partial charge is 0.255 e. The molecule has 2 aliphatic rings. The minimum Gasteiger partial charge on any atom is -0.356 e. The third-order valence-electron chi connectivity index (χ3n) is 5.14. The van der Waals surface area contributed by atoms with Crippen molar-refractivity contribution in [2.45, 2.75) is 57.4 Å². The highest BCUT2D eigenvalue weighted by Gasteiger charge is 2.20. The average molecular weight is 330 g/mol. The lowest BCUT2D eigenvalue weighted by Crippen LogP contribution is -2.37.